The van der Waals surface area contributed by atoms with Crippen molar-refractivity contribution in [1.82, 2.24) is 19.7 Å². The van der Waals surface area contributed by atoms with Crippen LogP contribution in [0.5, 0.6) is 0 Å². The Kier molecular flexibility index (Phi) is 3.53. The lowest BCUT2D eigenvalue weighted by Gasteiger charge is -2.05. The van der Waals surface area contributed by atoms with Crippen molar-refractivity contribution in [3.63, 3.8) is 0 Å². The third-order valence-electron chi connectivity index (χ3n) is 4.46. The molecule has 0 amide bonds. The first-order chi connectivity index (χ1) is 11.5. The molecular weight excluding hydrogens is 324 g/mol. The molecule has 0 bridgehead atoms. The molecule has 1 aromatic carbocycles. The van der Waals surface area contributed by atoms with E-state index in [1.54, 1.807) is 10.7 Å². The minimum atomic E-state index is -0.183. The number of aryl methyl sites for hydroxylation is 2. The molecule has 6 heteroatoms. The minimum Gasteiger partial charge on any atom is -0.305 e. The van der Waals surface area contributed by atoms with Gasteiger partial charge in [0.1, 0.15) is 0 Å². The molecule has 2 heterocycles. The van der Waals surface area contributed by atoms with E-state index in [0.29, 0.717) is 27.7 Å². The monoisotopic (exact) mass is 340 g/mol. The van der Waals surface area contributed by atoms with Crippen LogP contribution in [0.2, 0.25) is 0 Å². The molecule has 4 rings (SSSR count). The molecule has 1 N–H and O–H groups in total. The van der Waals surface area contributed by atoms with E-state index in [9.17, 15) is 4.79 Å². The maximum atomic E-state index is 12.3. The van der Waals surface area contributed by atoms with Gasteiger partial charge in [-0.3, -0.25) is 9.48 Å². The Balaban J connectivity index is 1.84. The summed E-state index contributed by atoms with van der Waals surface area (Å²) < 4.78 is 1.81. The van der Waals surface area contributed by atoms with Gasteiger partial charge in [-0.1, -0.05) is 23.7 Å². The predicted molar refractivity (Wildman–Crippen MR) is 96.0 cm³/mol. The number of hydrogen-bond acceptors (Lipinski definition) is 3. The van der Waals surface area contributed by atoms with Crippen molar-refractivity contribution in [2.75, 3.05) is 0 Å². The molecule has 1 aliphatic rings. The Labute approximate surface area is 144 Å². The highest BCUT2D eigenvalue weighted by Gasteiger charge is 2.27. The summed E-state index contributed by atoms with van der Waals surface area (Å²) in [5.41, 5.74) is 3.61. The van der Waals surface area contributed by atoms with Crippen molar-refractivity contribution in [3.05, 3.63) is 57.4 Å². The summed E-state index contributed by atoms with van der Waals surface area (Å²) in [4.78, 5) is 19.6. The Hall–Kier alpha value is -2.40. The number of halogens is 1. The molecule has 0 unspecified atom stereocenters. The molecule has 0 atom stereocenters. The van der Waals surface area contributed by atoms with Gasteiger partial charge in [0, 0.05) is 12.6 Å². The first-order valence-corrected chi connectivity index (χ1v) is 8.31. The number of nitrogens with zero attached hydrogens (tertiary/aromatic N) is 3. The zero-order chi connectivity index (χ0) is 16.8. The SMILES string of the molecule is Cc1cccc2c(=O)[nH]c(C(Cl)=Cc3c(C4CC4)cnn3C)nc12. The van der Waals surface area contributed by atoms with Crippen LogP contribution < -0.4 is 5.56 Å². The topological polar surface area (TPSA) is 63.6 Å². The van der Waals surface area contributed by atoms with Crippen LogP contribution in [0, 0.1) is 6.92 Å². The van der Waals surface area contributed by atoms with E-state index in [1.807, 2.05) is 38.4 Å². The van der Waals surface area contributed by atoms with Gasteiger partial charge in [0.2, 0.25) is 0 Å². The Morgan fingerprint density at radius 1 is 1.42 bits per heavy atom. The summed E-state index contributed by atoms with van der Waals surface area (Å²) in [7, 11) is 1.89. The number of aromatic amines is 1. The maximum Gasteiger partial charge on any atom is 0.259 e. The second-order valence-corrected chi connectivity index (χ2v) is 6.67. The molecule has 1 aliphatic carbocycles. The molecule has 0 spiro atoms. The van der Waals surface area contributed by atoms with Gasteiger partial charge in [-0.2, -0.15) is 5.10 Å². The fraction of sp³-hybridized carbons (Fsp3) is 0.278. The van der Waals surface area contributed by atoms with E-state index in [4.69, 9.17) is 11.6 Å². The number of para-hydroxylation sites is 1. The lowest BCUT2D eigenvalue weighted by atomic mass is 10.1. The number of H-pyrrole nitrogens is 1. The molecule has 24 heavy (non-hydrogen) atoms. The van der Waals surface area contributed by atoms with Gasteiger partial charge in [-0.25, -0.2) is 4.98 Å². The number of benzene rings is 1. The number of rotatable bonds is 3. The molecule has 5 nitrogen and oxygen atoms in total. The molecule has 0 saturated heterocycles. The predicted octanol–water partition coefficient (Wildman–Crippen LogP) is 3.58. The second-order valence-electron chi connectivity index (χ2n) is 6.26. The maximum absolute atomic E-state index is 12.3. The second kappa shape index (κ2) is 5.60. The normalized spacial score (nSPS) is 15.2. The zero-order valence-corrected chi connectivity index (χ0v) is 14.3. The van der Waals surface area contributed by atoms with Gasteiger partial charge >= 0.3 is 0 Å². The molecule has 0 radical (unpaired) electrons. The Bertz CT molecular complexity index is 1030. The van der Waals surface area contributed by atoms with Crippen molar-refractivity contribution in [2.45, 2.75) is 25.7 Å². The zero-order valence-electron chi connectivity index (χ0n) is 13.5. The summed E-state index contributed by atoms with van der Waals surface area (Å²) in [6.45, 7) is 1.93. The van der Waals surface area contributed by atoms with Gasteiger partial charge in [0.05, 0.1) is 27.8 Å². The number of hydrogen-bond donors (Lipinski definition) is 1. The lowest BCUT2D eigenvalue weighted by Crippen LogP contribution is -2.11. The Morgan fingerprint density at radius 3 is 2.96 bits per heavy atom. The van der Waals surface area contributed by atoms with E-state index in [2.05, 4.69) is 15.1 Å². The van der Waals surface area contributed by atoms with E-state index in [-0.39, 0.29) is 5.56 Å². The first-order valence-electron chi connectivity index (χ1n) is 7.93. The van der Waals surface area contributed by atoms with E-state index < -0.39 is 0 Å². The van der Waals surface area contributed by atoms with Crippen LogP contribution in [0.15, 0.2) is 29.2 Å². The van der Waals surface area contributed by atoms with Crippen molar-refractivity contribution in [3.8, 4) is 0 Å². The third kappa shape index (κ3) is 2.55. The van der Waals surface area contributed by atoms with Gasteiger partial charge in [-0.15, -0.1) is 0 Å². The summed E-state index contributed by atoms with van der Waals surface area (Å²) in [6.07, 6.45) is 6.11. The van der Waals surface area contributed by atoms with Crippen LogP contribution >= 0.6 is 11.6 Å². The van der Waals surface area contributed by atoms with E-state index in [1.165, 1.54) is 18.4 Å². The van der Waals surface area contributed by atoms with Crippen LogP contribution in [0.25, 0.3) is 22.0 Å². The van der Waals surface area contributed by atoms with Crippen molar-refractivity contribution in [2.24, 2.45) is 7.05 Å². The molecule has 3 aromatic rings. The lowest BCUT2D eigenvalue weighted by molar-refractivity contribution is 0.758. The molecule has 1 saturated carbocycles. The van der Waals surface area contributed by atoms with Gasteiger partial charge in [0.25, 0.3) is 5.56 Å². The number of nitrogens with one attached hydrogen (secondary N) is 1. The van der Waals surface area contributed by atoms with Crippen LogP contribution in [-0.4, -0.2) is 19.7 Å². The standard InChI is InChI=1S/C18H17ClN4O/c1-10-4-3-5-12-16(10)21-17(22-18(12)24)14(19)8-15-13(11-6-7-11)9-20-23(15)2/h3-5,8-9,11H,6-7H2,1-2H3,(H,21,22,24). The fourth-order valence-corrected chi connectivity index (χ4v) is 3.15. The average Bonchev–Trinajstić information content (AvgIpc) is 3.34. The number of aromatic nitrogens is 4. The summed E-state index contributed by atoms with van der Waals surface area (Å²) >= 11 is 6.48. The van der Waals surface area contributed by atoms with E-state index >= 15 is 0 Å². The number of fused-ring (bicyclic) bond motifs is 1. The summed E-state index contributed by atoms with van der Waals surface area (Å²) in [5, 5.41) is 5.30. The minimum absolute atomic E-state index is 0.183. The molecule has 122 valence electrons. The quantitative estimate of drug-likeness (QED) is 0.792. The van der Waals surface area contributed by atoms with Crippen molar-refractivity contribution in [1.29, 1.82) is 0 Å². The summed E-state index contributed by atoms with van der Waals surface area (Å²) in [5.74, 6) is 0.951. The Morgan fingerprint density at radius 2 is 2.21 bits per heavy atom. The first kappa shape index (κ1) is 15.1. The highest BCUT2D eigenvalue weighted by molar-refractivity contribution is 6.50. The summed E-state index contributed by atoms with van der Waals surface area (Å²) in [6, 6.07) is 5.55. The van der Waals surface area contributed by atoms with Crippen LogP contribution in [-0.2, 0) is 7.05 Å². The van der Waals surface area contributed by atoms with Crippen LogP contribution in [0.4, 0.5) is 0 Å². The van der Waals surface area contributed by atoms with Gasteiger partial charge < -0.3 is 4.98 Å². The molecular formula is C18H17ClN4O. The smallest absolute Gasteiger partial charge is 0.259 e. The third-order valence-corrected chi connectivity index (χ3v) is 4.75. The van der Waals surface area contributed by atoms with Crippen LogP contribution in [0.3, 0.4) is 0 Å². The average molecular weight is 341 g/mol. The molecule has 0 aliphatic heterocycles. The highest BCUT2D eigenvalue weighted by atomic mass is 35.5. The van der Waals surface area contributed by atoms with E-state index in [0.717, 1.165) is 11.3 Å². The van der Waals surface area contributed by atoms with Gasteiger partial charge in [-0.05, 0) is 43.4 Å². The molecule has 1 fully saturated rings. The largest absolute Gasteiger partial charge is 0.305 e. The highest BCUT2D eigenvalue weighted by Crippen LogP contribution is 2.42. The molecule has 2 aromatic heterocycles. The van der Waals surface area contributed by atoms with Crippen molar-refractivity contribution < 1.29 is 0 Å². The van der Waals surface area contributed by atoms with Crippen molar-refractivity contribution >= 4 is 33.6 Å². The van der Waals surface area contributed by atoms with Crippen LogP contribution in [0.1, 0.15) is 41.4 Å². The fourth-order valence-electron chi connectivity index (χ4n) is 2.96. The van der Waals surface area contributed by atoms with Gasteiger partial charge in [0.15, 0.2) is 5.82 Å².